The van der Waals surface area contributed by atoms with Crippen molar-refractivity contribution >= 4 is 17.3 Å². The van der Waals surface area contributed by atoms with Gasteiger partial charge in [0.2, 0.25) is 0 Å². The maximum absolute atomic E-state index is 14.7. The van der Waals surface area contributed by atoms with Crippen molar-refractivity contribution in [3.63, 3.8) is 0 Å². The minimum atomic E-state index is -1.47. The highest BCUT2D eigenvalue weighted by Gasteiger charge is 2.33. The minimum Gasteiger partial charge on any atom is -0.379 e. The highest BCUT2D eigenvalue weighted by Crippen LogP contribution is 2.35. The first-order chi connectivity index (χ1) is 14.9. The van der Waals surface area contributed by atoms with Gasteiger partial charge in [-0.15, -0.1) is 0 Å². The molecule has 0 spiro atoms. The molecular weight excluding hydrogens is 421 g/mol. The summed E-state index contributed by atoms with van der Waals surface area (Å²) in [5, 5.41) is 7.14. The zero-order valence-electron chi connectivity index (χ0n) is 17.9. The van der Waals surface area contributed by atoms with Crippen molar-refractivity contribution in [3.05, 3.63) is 51.4 Å². The van der Waals surface area contributed by atoms with E-state index in [-0.39, 0.29) is 30.4 Å². The van der Waals surface area contributed by atoms with Gasteiger partial charge in [0, 0.05) is 6.61 Å². The summed E-state index contributed by atoms with van der Waals surface area (Å²) in [6.07, 6.45) is 4.96. The van der Waals surface area contributed by atoms with E-state index in [9.17, 15) is 9.18 Å². The fraction of sp³-hybridized carbons (Fsp3) is 0.565. The van der Waals surface area contributed by atoms with Crippen LogP contribution in [0.1, 0.15) is 51.2 Å². The zero-order chi connectivity index (χ0) is 22.0. The van der Waals surface area contributed by atoms with E-state index in [4.69, 9.17) is 21.1 Å². The topological polar surface area (TPSA) is 65.4 Å². The highest BCUT2D eigenvalue weighted by atomic mass is 35.5. The first kappa shape index (κ1) is 22.2. The Morgan fingerprint density at radius 3 is 2.74 bits per heavy atom. The molecule has 2 saturated heterocycles. The number of nitrogens with zero attached hydrogens (tertiary/aromatic N) is 2. The SMILES string of the molecule is CC(C)[C@H]1CC[C@@H](c2ccc(-n3ncc(NCC4(F)CCCOC4)c(Cl)c3=O)cc2)O1. The summed E-state index contributed by atoms with van der Waals surface area (Å²) >= 11 is 6.28. The van der Waals surface area contributed by atoms with Gasteiger partial charge in [-0.05, 0) is 49.3 Å². The van der Waals surface area contributed by atoms with Crippen LogP contribution in [0.2, 0.25) is 5.02 Å². The number of benzene rings is 1. The van der Waals surface area contributed by atoms with Crippen molar-refractivity contribution in [2.75, 3.05) is 25.1 Å². The number of anilines is 1. The summed E-state index contributed by atoms with van der Waals surface area (Å²) in [5.41, 5.74) is 0.101. The largest absolute Gasteiger partial charge is 0.379 e. The van der Waals surface area contributed by atoms with Crippen LogP contribution in [0, 0.1) is 5.92 Å². The molecule has 1 unspecified atom stereocenters. The summed E-state index contributed by atoms with van der Waals surface area (Å²) < 4.78 is 27.3. The third kappa shape index (κ3) is 4.94. The van der Waals surface area contributed by atoms with E-state index < -0.39 is 11.2 Å². The molecule has 4 rings (SSSR count). The Bertz CT molecular complexity index is 958. The van der Waals surface area contributed by atoms with Gasteiger partial charge >= 0.3 is 0 Å². The first-order valence-electron chi connectivity index (χ1n) is 10.9. The van der Waals surface area contributed by atoms with Gasteiger partial charge in [0.25, 0.3) is 5.56 Å². The number of hydrogen-bond acceptors (Lipinski definition) is 5. The quantitative estimate of drug-likeness (QED) is 0.692. The second-order valence-electron chi connectivity index (χ2n) is 8.83. The van der Waals surface area contributed by atoms with E-state index in [1.54, 1.807) is 0 Å². The van der Waals surface area contributed by atoms with E-state index in [2.05, 4.69) is 24.3 Å². The lowest BCUT2D eigenvalue weighted by molar-refractivity contribution is -0.0234. The molecule has 1 N–H and O–H groups in total. The van der Waals surface area contributed by atoms with E-state index in [0.717, 1.165) is 18.4 Å². The summed E-state index contributed by atoms with van der Waals surface area (Å²) in [6.45, 7) is 4.98. The van der Waals surface area contributed by atoms with Gasteiger partial charge in [0.05, 0.1) is 42.9 Å². The van der Waals surface area contributed by atoms with Crippen LogP contribution < -0.4 is 10.9 Å². The molecule has 3 heterocycles. The molecule has 0 amide bonds. The first-order valence-corrected chi connectivity index (χ1v) is 11.3. The third-order valence-corrected chi connectivity index (χ3v) is 6.46. The predicted octanol–water partition coefficient (Wildman–Crippen LogP) is 4.69. The van der Waals surface area contributed by atoms with Gasteiger partial charge < -0.3 is 14.8 Å². The Morgan fingerprint density at radius 2 is 2.10 bits per heavy atom. The third-order valence-electron chi connectivity index (χ3n) is 6.09. The van der Waals surface area contributed by atoms with Crippen LogP contribution in [0.25, 0.3) is 5.69 Å². The molecule has 0 saturated carbocycles. The molecule has 2 fully saturated rings. The molecule has 0 aliphatic carbocycles. The molecule has 2 aliphatic rings. The van der Waals surface area contributed by atoms with Crippen LogP contribution >= 0.6 is 11.6 Å². The molecule has 2 aliphatic heterocycles. The monoisotopic (exact) mass is 449 g/mol. The van der Waals surface area contributed by atoms with Gasteiger partial charge in [-0.2, -0.15) is 9.78 Å². The fourth-order valence-corrected chi connectivity index (χ4v) is 4.38. The Hall–Kier alpha value is -1.96. The smallest absolute Gasteiger partial charge is 0.292 e. The van der Waals surface area contributed by atoms with Crippen LogP contribution in [-0.4, -0.2) is 41.3 Å². The van der Waals surface area contributed by atoms with Crippen molar-refractivity contribution in [1.29, 1.82) is 0 Å². The summed E-state index contributed by atoms with van der Waals surface area (Å²) in [4.78, 5) is 12.8. The number of rotatable bonds is 6. The summed E-state index contributed by atoms with van der Waals surface area (Å²) in [7, 11) is 0. The van der Waals surface area contributed by atoms with Crippen LogP contribution in [0.5, 0.6) is 0 Å². The second kappa shape index (κ2) is 9.27. The predicted molar refractivity (Wildman–Crippen MR) is 119 cm³/mol. The lowest BCUT2D eigenvalue weighted by Gasteiger charge is -2.29. The van der Waals surface area contributed by atoms with Gasteiger partial charge in [-0.1, -0.05) is 37.6 Å². The van der Waals surface area contributed by atoms with Crippen molar-refractivity contribution in [2.24, 2.45) is 5.92 Å². The second-order valence-corrected chi connectivity index (χ2v) is 9.20. The molecule has 6 nitrogen and oxygen atoms in total. The standard InChI is InChI=1S/C23H29ClFN3O3/c1-15(2)19-8-9-20(31-19)16-4-6-17(7-5-16)28-22(29)21(24)18(12-27-28)26-13-23(25)10-3-11-30-14-23/h4-7,12,15,19-20,26H,3,8-11,13-14H2,1-2H3/t19-,20+,23?/m1/s1. The van der Waals surface area contributed by atoms with E-state index in [0.29, 0.717) is 36.7 Å². The van der Waals surface area contributed by atoms with Crippen molar-refractivity contribution in [1.82, 2.24) is 9.78 Å². The number of halogens is 2. The van der Waals surface area contributed by atoms with Crippen LogP contribution in [0.3, 0.4) is 0 Å². The zero-order valence-corrected chi connectivity index (χ0v) is 18.7. The molecule has 31 heavy (non-hydrogen) atoms. The normalized spacial score (nSPS) is 26.4. The maximum Gasteiger partial charge on any atom is 0.292 e. The number of nitrogens with one attached hydrogen (secondary N) is 1. The Balaban J connectivity index is 1.46. The van der Waals surface area contributed by atoms with E-state index in [1.165, 1.54) is 10.9 Å². The molecule has 1 aromatic heterocycles. The van der Waals surface area contributed by atoms with Gasteiger partial charge in [0.15, 0.2) is 5.67 Å². The molecule has 2 aromatic rings. The minimum absolute atomic E-state index is 0.0155. The summed E-state index contributed by atoms with van der Waals surface area (Å²) in [6, 6.07) is 7.62. The van der Waals surface area contributed by atoms with Gasteiger partial charge in [-0.25, -0.2) is 4.39 Å². The van der Waals surface area contributed by atoms with Crippen molar-refractivity contribution in [2.45, 2.75) is 57.4 Å². The Morgan fingerprint density at radius 1 is 1.32 bits per heavy atom. The Kier molecular flexibility index (Phi) is 6.65. The molecule has 8 heteroatoms. The average molecular weight is 450 g/mol. The highest BCUT2D eigenvalue weighted by molar-refractivity contribution is 6.32. The van der Waals surface area contributed by atoms with Gasteiger partial charge in [0.1, 0.15) is 5.02 Å². The number of aromatic nitrogens is 2. The van der Waals surface area contributed by atoms with Crippen molar-refractivity contribution < 1.29 is 13.9 Å². The molecule has 0 radical (unpaired) electrons. The van der Waals surface area contributed by atoms with Crippen LogP contribution in [-0.2, 0) is 9.47 Å². The number of alkyl halides is 1. The number of hydrogen-bond donors (Lipinski definition) is 1. The molecule has 1 aromatic carbocycles. The van der Waals surface area contributed by atoms with Crippen LogP contribution in [0.15, 0.2) is 35.3 Å². The molecule has 0 bridgehead atoms. The lowest BCUT2D eigenvalue weighted by Crippen LogP contribution is -2.40. The van der Waals surface area contributed by atoms with Crippen molar-refractivity contribution in [3.8, 4) is 5.69 Å². The fourth-order valence-electron chi connectivity index (χ4n) is 4.18. The molecule has 168 valence electrons. The maximum atomic E-state index is 14.7. The summed E-state index contributed by atoms with van der Waals surface area (Å²) in [5.74, 6) is 0.499. The van der Waals surface area contributed by atoms with Crippen LogP contribution in [0.4, 0.5) is 10.1 Å². The molecular formula is C23H29ClFN3O3. The van der Waals surface area contributed by atoms with E-state index in [1.807, 2.05) is 24.3 Å². The van der Waals surface area contributed by atoms with Gasteiger partial charge in [-0.3, -0.25) is 4.79 Å². The number of ether oxygens (including phenoxy) is 2. The Labute approximate surface area is 186 Å². The molecule has 3 atom stereocenters. The van der Waals surface area contributed by atoms with E-state index >= 15 is 0 Å². The average Bonchev–Trinajstić information content (AvgIpc) is 3.26. The lowest BCUT2D eigenvalue weighted by atomic mass is 9.99.